The van der Waals surface area contributed by atoms with Gasteiger partial charge in [-0.25, -0.2) is 0 Å². The van der Waals surface area contributed by atoms with Gasteiger partial charge in [0.05, 0.1) is 17.5 Å². The quantitative estimate of drug-likeness (QED) is 0.902. The minimum absolute atomic E-state index is 0.0810. The minimum atomic E-state index is -0.0810. The van der Waals surface area contributed by atoms with Gasteiger partial charge < -0.3 is 5.11 Å². The molecular formula is C16H16N2O. The van der Waals surface area contributed by atoms with Crippen molar-refractivity contribution in [2.75, 3.05) is 0 Å². The summed E-state index contributed by atoms with van der Waals surface area (Å²) in [6.07, 6.45) is 2.42. The van der Waals surface area contributed by atoms with Gasteiger partial charge in [-0.05, 0) is 24.0 Å². The Morgan fingerprint density at radius 2 is 2.00 bits per heavy atom. The molecule has 1 N–H and O–H groups in total. The number of aromatic hydroxyl groups is 1. The molecule has 0 amide bonds. The van der Waals surface area contributed by atoms with Crippen LogP contribution in [0.15, 0.2) is 36.5 Å². The number of aromatic nitrogens is 1. The third-order valence-corrected chi connectivity index (χ3v) is 3.39. The van der Waals surface area contributed by atoms with Crippen LogP contribution in [-0.4, -0.2) is 10.1 Å². The second-order valence-corrected chi connectivity index (χ2v) is 4.63. The Bertz CT molecular complexity index is 612. The summed E-state index contributed by atoms with van der Waals surface area (Å²) in [5.41, 5.74) is 3.19. The van der Waals surface area contributed by atoms with Crippen LogP contribution >= 0.6 is 0 Å². The van der Waals surface area contributed by atoms with Crippen molar-refractivity contribution in [1.82, 2.24) is 4.98 Å². The third-order valence-electron chi connectivity index (χ3n) is 3.39. The number of hydrogen-bond donors (Lipinski definition) is 1. The Morgan fingerprint density at radius 1 is 1.32 bits per heavy atom. The third kappa shape index (κ3) is 2.74. The molecule has 1 aromatic heterocycles. The van der Waals surface area contributed by atoms with Crippen LogP contribution in [0, 0.1) is 11.3 Å². The topological polar surface area (TPSA) is 56.9 Å². The lowest BCUT2D eigenvalue weighted by atomic mass is 9.97. The molecule has 2 aromatic rings. The monoisotopic (exact) mass is 252 g/mol. The normalized spacial score (nSPS) is 11.8. The molecule has 19 heavy (non-hydrogen) atoms. The van der Waals surface area contributed by atoms with Crippen molar-refractivity contribution in [2.45, 2.75) is 26.2 Å². The van der Waals surface area contributed by atoms with E-state index in [1.54, 1.807) is 6.07 Å². The van der Waals surface area contributed by atoms with E-state index in [0.29, 0.717) is 11.6 Å². The van der Waals surface area contributed by atoms with Crippen molar-refractivity contribution in [2.24, 2.45) is 0 Å². The zero-order valence-electron chi connectivity index (χ0n) is 11.1. The van der Waals surface area contributed by atoms with E-state index in [9.17, 15) is 5.11 Å². The van der Waals surface area contributed by atoms with E-state index >= 15 is 0 Å². The van der Waals surface area contributed by atoms with Crippen LogP contribution in [0.5, 0.6) is 5.75 Å². The minimum Gasteiger partial charge on any atom is -0.505 e. The van der Waals surface area contributed by atoms with Gasteiger partial charge in [0.1, 0.15) is 6.07 Å². The number of pyridine rings is 1. The average molecular weight is 252 g/mol. The summed E-state index contributed by atoms with van der Waals surface area (Å²) in [4.78, 5) is 4.15. The summed E-state index contributed by atoms with van der Waals surface area (Å²) < 4.78 is 0. The van der Waals surface area contributed by atoms with Crippen LogP contribution in [0.4, 0.5) is 0 Å². The molecule has 0 aliphatic carbocycles. The largest absolute Gasteiger partial charge is 0.505 e. The fraction of sp³-hybridized carbons (Fsp3) is 0.250. The molecule has 2 rings (SSSR count). The van der Waals surface area contributed by atoms with E-state index < -0.39 is 0 Å². The van der Waals surface area contributed by atoms with Gasteiger partial charge in [-0.1, -0.05) is 38.1 Å². The van der Waals surface area contributed by atoms with E-state index in [0.717, 1.165) is 12.0 Å². The maximum absolute atomic E-state index is 9.45. The molecule has 0 spiro atoms. The first-order chi connectivity index (χ1) is 9.15. The molecule has 1 atom stereocenters. The zero-order chi connectivity index (χ0) is 13.8. The van der Waals surface area contributed by atoms with Gasteiger partial charge >= 0.3 is 0 Å². The van der Waals surface area contributed by atoms with Crippen molar-refractivity contribution in [3.05, 3.63) is 47.7 Å². The van der Waals surface area contributed by atoms with Gasteiger partial charge in [0.2, 0.25) is 0 Å². The predicted octanol–water partition coefficient (Wildman–Crippen LogP) is 3.84. The zero-order valence-corrected chi connectivity index (χ0v) is 11.1. The van der Waals surface area contributed by atoms with Crippen molar-refractivity contribution in [1.29, 1.82) is 5.26 Å². The summed E-state index contributed by atoms with van der Waals surface area (Å²) >= 11 is 0. The molecule has 0 fully saturated rings. The van der Waals surface area contributed by atoms with Gasteiger partial charge in [-0.15, -0.1) is 0 Å². The lowest BCUT2D eigenvalue weighted by molar-refractivity contribution is 0.471. The van der Waals surface area contributed by atoms with Gasteiger partial charge in [0, 0.05) is 5.56 Å². The Morgan fingerprint density at radius 3 is 2.58 bits per heavy atom. The summed E-state index contributed by atoms with van der Waals surface area (Å²) in [6, 6.07) is 11.7. The fourth-order valence-electron chi connectivity index (χ4n) is 1.91. The van der Waals surface area contributed by atoms with Crippen LogP contribution in [0.2, 0.25) is 0 Å². The summed E-state index contributed by atoms with van der Waals surface area (Å²) in [5, 5.41) is 18.3. The smallest absolute Gasteiger partial charge is 0.151 e. The van der Waals surface area contributed by atoms with Crippen LogP contribution in [-0.2, 0) is 0 Å². The van der Waals surface area contributed by atoms with Crippen molar-refractivity contribution in [3.8, 4) is 23.1 Å². The van der Waals surface area contributed by atoms with Gasteiger partial charge in [-0.2, -0.15) is 5.26 Å². The van der Waals surface area contributed by atoms with Crippen LogP contribution in [0.25, 0.3) is 11.3 Å². The first kappa shape index (κ1) is 13.1. The maximum Gasteiger partial charge on any atom is 0.151 e. The highest BCUT2D eigenvalue weighted by atomic mass is 16.3. The second-order valence-electron chi connectivity index (χ2n) is 4.63. The van der Waals surface area contributed by atoms with Crippen molar-refractivity contribution < 1.29 is 5.11 Å². The second kappa shape index (κ2) is 5.53. The maximum atomic E-state index is 9.45. The molecule has 0 bridgehead atoms. The van der Waals surface area contributed by atoms with Gasteiger partial charge in [0.25, 0.3) is 0 Å². The number of benzene rings is 1. The van der Waals surface area contributed by atoms with Crippen molar-refractivity contribution in [3.63, 3.8) is 0 Å². The Balaban J connectivity index is 2.35. The highest BCUT2D eigenvalue weighted by Crippen LogP contribution is 2.25. The number of nitrogens with zero attached hydrogens (tertiary/aromatic N) is 2. The molecule has 0 aliphatic heterocycles. The molecule has 0 saturated carbocycles. The molecule has 3 nitrogen and oxygen atoms in total. The lowest BCUT2D eigenvalue weighted by Gasteiger charge is -2.09. The lowest BCUT2D eigenvalue weighted by Crippen LogP contribution is -1.91. The van der Waals surface area contributed by atoms with E-state index in [-0.39, 0.29) is 11.3 Å². The molecular weight excluding hydrogens is 236 g/mol. The van der Waals surface area contributed by atoms with Gasteiger partial charge in [-0.3, -0.25) is 4.98 Å². The Kier molecular flexibility index (Phi) is 3.82. The van der Waals surface area contributed by atoms with Crippen LogP contribution < -0.4 is 0 Å². The first-order valence-corrected chi connectivity index (χ1v) is 6.35. The highest BCUT2D eigenvalue weighted by Gasteiger charge is 2.07. The van der Waals surface area contributed by atoms with E-state index in [1.807, 2.05) is 18.2 Å². The molecule has 1 unspecified atom stereocenters. The van der Waals surface area contributed by atoms with Gasteiger partial charge in [0.15, 0.2) is 5.75 Å². The molecule has 0 saturated heterocycles. The molecule has 3 heteroatoms. The number of hydrogen-bond acceptors (Lipinski definition) is 3. The standard InChI is InChI=1S/C16H16N2O/c1-3-11(2)12-4-6-13(7-5-12)15-8-14(9-17)16(19)10-18-15/h4-8,10-11,19H,3H2,1-2H3. The van der Waals surface area contributed by atoms with Crippen molar-refractivity contribution >= 4 is 0 Å². The highest BCUT2D eigenvalue weighted by molar-refractivity contribution is 5.63. The predicted molar refractivity (Wildman–Crippen MR) is 74.8 cm³/mol. The molecule has 1 aromatic carbocycles. The summed E-state index contributed by atoms with van der Waals surface area (Å²) in [6.45, 7) is 4.36. The first-order valence-electron chi connectivity index (χ1n) is 6.35. The van der Waals surface area contributed by atoms with Crippen LogP contribution in [0.1, 0.15) is 37.3 Å². The number of nitriles is 1. The molecule has 0 radical (unpaired) electrons. The van der Waals surface area contributed by atoms with E-state index in [1.165, 1.54) is 11.8 Å². The number of rotatable bonds is 3. The summed E-state index contributed by atoms with van der Waals surface area (Å²) in [7, 11) is 0. The SMILES string of the molecule is CCC(C)c1ccc(-c2cc(C#N)c(O)cn2)cc1. The van der Waals surface area contributed by atoms with E-state index in [2.05, 4.69) is 31.0 Å². The molecule has 1 heterocycles. The fourth-order valence-corrected chi connectivity index (χ4v) is 1.91. The van der Waals surface area contributed by atoms with E-state index in [4.69, 9.17) is 5.26 Å². The van der Waals surface area contributed by atoms with Crippen LogP contribution in [0.3, 0.4) is 0 Å². The molecule has 0 aliphatic rings. The molecule has 96 valence electrons. The summed E-state index contributed by atoms with van der Waals surface area (Å²) in [5.74, 6) is 0.457. The Labute approximate surface area is 113 Å². The Hall–Kier alpha value is -2.34. The average Bonchev–Trinajstić information content (AvgIpc) is 2.47.